The Morgan fingerprint density at radius 1 is 1.12 bits per heavy atom. The highest BCUT2D eigenvalue weighted by Crippen LogP contribution is 2.49. The summed E-state index contributed by atoms with van der Waals surface area (Å²) in [6.07, 6.45) is 2.35. The number of hydrogen-bond donors (Lipinski definition) is 0. The average Bonchev–Trinajstić information content (AvgIpc) is 2.97. The summed E-state index contributed by atoms with van der Waals surface area (Å²) in [6.45, 7) is 7.54. The monoisotopic (exact) mass is 331 g/mol. The third-order valence-corrected chi connectivity index (χ3v) is 5.46. The highest BCUT2D eigenvalue weighted by Gasteiger charge is 2.38. The van der Waals surface area contributed by atoms with Gasteiger partial charge >= 0.3 is 0 Å². The van der Waals surface area contributed by atoms with Crippen molar-refractivity contribution < 1.29 is 4.74 Å². The first-order valence-corrected chi connectivity index (χ1v) is 8.65. The second kappa shape index (κ2) is 4.66. The van der Waals surface area contributed by atoms with Gasteiger partial charge in [-0.1, -0.05) is 18.2 Å². The van der Waals surface area contributed by atoms with E-state index in [1.54, 1.807) is 7.11 Å². The molecular weight excluding hydrogens is 310 g/mol. The van der Waals surface area contributed by atoms with Crippen LogP contribution >= 0.6 is 0 Å². The molecule has 0 bridgehead atoms. The number of aromatic nitrogens is 2. The molecule has 0 saturated carbocycles. The zero-order valence-electron chi connectivity index (χ0n) is 15.0. The zero-order valence-corrected chi connectivity index (χ0v) is 15.0. The molecule has 0 unspecified atom stereocenters. The van der Waals surface area contributed by atoms with Gasteiger partial charge in [0.15, 0.2) is 0 Å². The highest BCUT2D eigenvalue weighted by molar-refractivity contribution is 5.94. The Labute approximate surface area is 147 Å². The number of imidazole rings is 1. The van der Waals surface area contributed by atoms with E-state index >= 15 is 0 Å². The number of anilines is 1. The van der Waals surface area contributed by atoms with Crippen molar-refractivity contribution in [3.05, 3.63) is 48.0 Å². The Balaban J connectivity index is 1.90. The summed E-state index contributed by atoms with van der Waals surface area (Å²) < 4.78 is 7.91. The summed E-state index contributed by atoms with van der Waals surface area (Å²) >= 11 is 0. The molecule has 0 amide bonds. The number of fused-ring (bicyclic) bond motifs is 4. The molecule has 2 aliphatic rings. The zero-order chi connectivity index (χ0) is 17.3. The molecule has 2 aliphatic heterocycles. The third kappa shape index (κ3) is 1.85. The predicted molar refractivity (Wildman–Crippen MR) is 102 cm³/mol. The number of hydrogen-bond acceptors (Lipinski definition) is 3. The minimum atomic E-state index is -0.0521. The average molecular weight is 331 g/mol. The summed E-state index contributed by atoms with van der Waals surface area (Å²) in [5, 5.41) is 0. The first-order valence-electron chi connectivity index (χ1n) is 8.65. The van der Waals surface area contributed by atoms with Crippen LogP contribution in [-0.2, 0) is 6.67 Å². The standard InChI is InChI=1S/C21H21N3O/c1-13-11-21(2,3)24-12-23-18-8-6-5-7-17(18)22-20(23)16-10-14(25-4)9-15(13)19(16)24/h5-11H,12H2,1-4H3. The number of benzene rings is 2. The number of ether oxygens (including phenoxy) is 1. The number of para-hydroxylation sites is 2. The quantitative estimate of drug-likeness (QED) is 0.648. The highest BCUT2D eigenvalue weighted by atomic mass is 16.5. The SMILES string of the molecule is COc1cc2c3c(c1)-c1nc4ccccc4n1CN3C(C)(C)C=C2C. The molecule has 1 aromatic heterocycles. The van der Waals surface area contributed by atoms with Gasteiger partial charge < -0.3 is 14.2 Å². The van der Waals surface area contributed by atoms with Crippen LogP contribution in [-0.4, -0.2) is 22.2 Å². The van der Waals surface area contributed by atoms with Crippen LogP contribution in [0.15, 0.2) is 42.5 Å². The number of methoxy groups -OCH3 is 1. The predicted octanol–water partition coefficient (Wildman–Crippen LogP) is 4.68. The lowest BCUT2D eigenvalue weighted by molar-refractivity contribution is 0.414. The van der Waals surface area contributed by atoms with Gasteiger partial charge in [0.1, 0.15) is 11.6 Å². The van der Waals surface area contributed by atoms with Gasteiger partial charge in [0.25, 0.3) is 0 Å². The van der Waals surface area contributed by atoms with Crippen molar-refractivity contribution in [2.45, 2.75) is 33.0 Å². The maximum Gasteiger partial charge on any atom is 0.144 e. The van der Waals surface area contributed by atoms with Crippen molar-refractivity contribution in [3.8, 4) is 17.1 Å². The van der Waals surface area contributed by atoms with E-state index in [0.717, 1.165) is 29.3 Å². The van der Waals surface area contributed by atoms with Crippen LogP contribution in [0.2, 0.25) is 0 Å². The van der Waals surface area contributed by atoms with Gasteiger partial charge in [0.05, 0.1) is 36.0 Å². The molecule has 2 aromatic carbocycles. The fourth-order valence-electron chi connectivity index (χ4n) is 4.28. The van der Waals surface area contributed by atoms with E-state index in [1.165, 1.54) is 22.3 Å². The maximum atomic E-state index is 5.59. The van der Waals surface area contributed by atoms with Crippen molar-refractivity contribution in [1.29, 1.82) is 0 Å². The molecule has 25 heavy (non-hydrogen) atoms. The van der Waals surface area contributed by atoms with Crippen molar-refractivity contribution in [1.82, 2.24) is 9.55 Å². The van der Waals surface area contributed by atoms with Gasteiger partial charge in [-0.15, -0.1) is 0 Å². The number of rotatable bonds is 1. The van der Waals surface area contributed by atoms with Gasteiger partial charge in [-0.25, -0.2) is 4.98 Å². The second-order valence-corrected chi connectivity index (χ2v) is 7.47. The molecule has 0 radical (unpaired) electrons. The van der Waals surface area contributed by atoms with Gasteiger partial charge in [-0.3, -0.25) is 0 Å². The Kier molecular flexibility index (Phi) is 2.72. The first kappa shape index (κ1) is 14.6. The van der Waals surface area contributed by atoms with Crippen LogP contribution in [0.25, 0.3) is 28.0 Å². The van der Waals surface area contributed by atoms with Crippen LogP contribution < -0.4 is 9.64 Å². The summed E-state index contributed by atoms with van der Waals surface area (Å²) in [4.78, 5) is 7.42. The van der Waals surface area contributed by atoms with E-state index in [-0.39, 0.29) is 5.54 Å². The Morgan fingerprint density at radius 3 is 2.68 bits per heavy atom. The summed E-state index contributed by atoms with van der Waals surface area (Å²) in [6, 6.07) is 12.6. The lowest BCUT2D eigenvalue weighted by atomic mass is 9.86. The molecule has 4 nitrogen and oxygen atoms in total. The molecule has 4 heteroatoms. The van der Waals surface area contributed by atoms with Crippen molar-refractivity contribution >= 4 is 22.3 Å². The number of allylic oxidation sites excluding steroid dienone is 1. The largest absolute Gasteiger partial charge is 0.497 e. The third-order valence-electron chi connectivity index (χ3n) is 5.46. The molecule has 0 saturated heterocycles. The van der Waals surface area contributed by atoms with E-state index in [1.807, 2.05) is 6.07 Å². The molecule has 0 aliphatic carbocycles. The van der Waals surface area contributed by atoms with E-state index in [4.69, 9.17) is 9.72 Å². The van der Waals surface area contributed by atoms with Gasteiger partial charge in [-0.2, -0.15) is 0 Å². The molecule has 3 aromatic rings. The molecule has 0 atom stereocenters. The van der Waals surface area contributed by atoms with Crippen LogP contribution in [0, 0.1) is 0 Å². The van der Waals surface area contributed by atoms with Crippen LogP contribution in [0.5, 0.6) is 5.75 Å². The lowest BCUT2D eigenvalue weighted by Crippen LogP contribution is -2.47. The normalized spacial score (nSPS) is 17.1. The molecule has 5 rings (SSSR count). The summed E-state index contributed by atoms with van der Waals surface area (Å²) in [5.74, 6) is 1.90. The fraction of sp³-hybridized carbons (Fsp3) is 0.286. The van der Waals surface area contributed by atoms with E-state index in [9.17, 15) is 0 Å². The molecule has 0 spiro atoms. The Morgan fingerprint density at radius 2 is 1.88 bits per heavy atom. The van der Waals surface area contributed by atoms with E-state index in [2.05, 4.69) is 66.6 Å². The minimum Gasteiger partial charge on any atom is -0.497 e. The van der Waals surface area contributed by atoms with Crippen molar-refractivity contribution in [2.24, 2.45) is 0 Å². The van der Waals surface area contributed by atoms with Crippen molar-refractivity contribution in [3.63, 3.8) is 0 Å². The Hall–Kier alpha value is -2.75. The summed E-state index contributed by atoms with van der Waals surface area (Å²) in [5.41, 5.74) is 7.12. The smallest absolute Gasteiger partial charge is 0.144 e. The van der Waals surface area contributed by atoms with Gasteiger partial charge in [0.2, 0.25) is 0 Å². The first-order chi connectivity index (χ1) is 12.0. The Bertz CT molecular complexity index is 1060. The lowest BCUT2D eigenvalue weighted by Gasteiger charge is -2.46. The van der Waals surface area contributed by atoms with E-state index in [0.29, 0.717) is 0 Å². The topological polar surface area (TPSA) is 30.3 Å². The van der Waals surface area contributed by atoms with Crippen LogP contribution in [0.1, 0.15) is 26.3 Å². The molecule has 0 fully saturated rings. The second-order valence-electron chi connectivity index (χ2n) is 7.47. The molecular formula is C21H21N3O. The minimum absolute atomic E-state index is 0.0521. The maximum absolute atomic E-state index is 5.59. The van der Waals surface area contributed by atoms with Crippen LogP contribution in [0.4, 0.5) is 5.69 Å². The summed E-state index contributed by atoms with van der Waals surface area (Å²) in [7, 11) is 1.73. The molecule has 0 N–H and O–H groups in total. The van der Waals surface area contributed by atoms with Crippen molar-refractivity contribution in [2.75, 3.05) is 12.0 Å². The van der Waals surface area contributed by atoms with E-state index < -0.39 is 0 Å². The van der Waals surface area contributed by atoms with Gasteiger partial charge in [0, 0.05) is 11.1 Å². The molecule has 126 valence electrons. The fourth-order valence-corrected chi connectivity index (χ4v) is 4.28. The molecule has 3 heterocycles. The number of nitrogens with zero attached hydrogens (tertiary/aromatic N) is 3. The van der Waals surface area contributed by atoms with Gasteiger partial charge in [-0.05, 0) is 50.6 Å². The van der Waals surface area contributed by atoms with Crippen LogP contribution in [0.3, 0.4) is 0 Å².